The number of carbonyl (C=O) groups excluding carboxylic acids is 1. The summed E-state index contributed by atoms with van der Waals surface area (Å²) in [5.41, 5.74) is 6.64. The molecule has 1 aromatic rings. The zero-order chi connectivity index (χ0) is 14.4. The SMILES string of the molecule is COC(CNC(=O)c1c(C)nn(CCO)c1N)OC. The number of rotatable bonds is 7. The average molecular weight is 272 g/mol. The fourth-order valence-corrected chi connectivity index (χ4v) is 1.67. The van der Waals surface area contributed by atoms with Crippen molar-refractivity contribution in [3.8, 4) is 0 Å². The molecule has 1 rings (SSSR count). The topological polar surface area (TPSA) is 112 Å². The molecule has 1 amide bonds. The van der Waals surface area contributed by atoms with Crippen LogP contribution in [-0.4, -0.2) is 54.5 Å². The molecule has 1 aromatic heterocycles. The summed E-state index contributed by atoms with van der Waals surface area (Å²) in [4.78, 5) is 12.0. The van der Waals surface area contributed by atoms with Crippen molar-refractivity contribution in [3.63, 3.8) is 0 Å². The van der Waals surface area contributed by atoms with Gasteiger partial charge in [-0.05, 0) is 6.92 Å². The molecule has 0 aliphatic carbocycles. The van der Waals surface area contributed by atoms with Crippen molar-refractivity contribution < 1.29 is 19.4 Å². The fraction of sp³-hybridized carbons (Fsp3) is 0.636. The molecular weight excluding hydrogens is 252 g/mol. The molecule has 0 saturated heterocycles. The van der Waals surface area contributed by atoms with Gasteiger partial charge in [-0.2, -0.15) is 5.10 Å². The van der Waals surface area contributed by atoms with Gasteiger partial charge in [-0.3, -0.25) is 4.79 Å². The highest BCUT2D eigenvalue weighted by atomic mass is 16.7. The number of aliphatic hydroxyl groups is 1. The third kappa shape index (κ3) is 3.66. The van der Waals surface area contributed by atoms with Gasteiger partial charge in [0, 0.05) is 14.2 Å². The van der Waals surface area contributed by atoms with Crippen LogP contribution in [0.3, 0.4) is 0 Å². The van der Waals surface area contributed by atoms with E-state index >= 15 is 0 Å². The van der Waals surface area contributed by atoms with E-state index in [1.807, 2.05) is 0 Å². The number of nitrogens with zero attached hydrogens (tertiary/aromatic N) is 2. The molecule has 0 spiro atoms. The molecule has 0 atom stereocenters. The minimum atomic E-state index is -0.516. The van der Waals surface area contributed by atoms with Crippen LogP contribution in [0.15, 0.2) is 0 Å². The quantitative estimate of drug-likeness (QED) is 0.555. The lowest BCUT2D eigenvalue weighted by Gasteiger charge is -2.14. The van der Waals surface area contributed by atoms with Crippen molar-refractivity contribution in [1.29, 1.82) is 0 Å². The number of aliphatic hydroxyl groups excluding tert-OH is 1. The van der Waals surface area contributed by atoms with E-state index in [9.17, 15) is 4.79 Å². The molecule has 0 aliphatic rings. The summed E-state index contributed by atoms with van der Waals surface area (Å²) in [6.07, 6.45) is -0.516. The molecule has 8 heteroatoms. The van der Waals surface area contributed by atoms with E-state index in [1.54, 1.807) is 6.92 Å². The van der Waals surface area contributed by atoms with E-state index in [-0.39, 0.29) is 31.4 Å². The number of nitrogens with two attached hydrogens (primary N) is 1. The Morgan fingerprint density at radius 3 is 2.68 bits per heavy atom. The molecule has 0 fully saturated rings. The van der Waals surface area contributed by atoms with E-state index in [0.29, 0.717) is 11.3 Å². The maximum absolute atomic E-state index is 12.0. The van der Waals surface area contributed by atoms with Crippen LogP contribution in [0.2, 0.25) is 0 Å². The molecule has 0 radical (unpaired) electrons. The number of hydrogen-bond donors (Lipinski definition) is 3. The maximum atomic E-state index is 12.0. The normalized spacial score (nSPS) is 11.0. The van der Waals surface area contributed by atoms with Gasteiger partial charge in [0.1, 0.15) is 11.4 Å². The number of nitrogen functional groups attached to an aromatic ring is 1. The molecule has 4 N–H and O–H groups in total. The Morgan fingerprint density at radius 2 is 2.16 bits per heavy atom. The lowest BCUT2D eigenvalue weighted by atomic mass is 10.2. The Kier molecular flexibility index (Phi) is 5.74. The first-order chi connectivity index (χ1) is 9.04. The summed E-state index contributed by atoms with van der Waals surface area (Å²) in [6, 6.07) is 0. The summed E-state index contributed by atoms with van der Waals surface area (Å²) >= 11 is 0. The Morgan fingerprint density at radius 1 is 1.53 bits per heavy atom. The van der Waals surface area contributed by atoms with Crippen LogP contribution in [0, 0.1) is 6.92 Å². The molecule has 0 bridgehead atoms. The molecule has 1 heterocycles. The second-order valence-electron chi connectivity index (χ2n) is 3.90. The van der Waals surface area contributed by atoms with Crippen molar-refractivity contribution in [2.45, 2.75) is 19.8 Å². The van der Waals surface area contributed by atoms with Gasteiger partial charge in [-0.1, -0.05) is 0 Å². The third-order valence-corrected chi connectivity index (χ3v) is 2.66. The van der Waals surface area contributed by atoms with Crippen LogP contribution < -0.4 is 11.1 Å². The Labute approximate surface area is 111 Å². The van der Waals surface area contributed by atoms with Gasteiger partial charge in [-0.25, -0.2) is 4.68 Å². The van der Waals surface area contributed by atoms with Crippen LogP contribution in [0.1, 0.15) is 16.1 Å². The lowest BCUT2D eigenvalue weighted by Crippen LogP contribution is -2.34. The first kappa shape index (κ1) is 15.4. The van der Waals surface area contributed by atoms with Gasteiger partial charge in [0.25, 0.3) is 5.91 Å². The number of anilines is 1. The molecular formula is C11H20N4O4. The van der Waals surface area contributed by atoms with E-state index in [2.05, 4.69) is 10.4 Å². The van der Waals surface area contributed by atoms with E-state index < -0.39 is 6.29 Å². The first-order valence-electron chi connectivity index (χ1n) is 5.82. The number of methoxy groups -OCH3 is 2. The van der Waals surface area contributed by atoms with Crippen molar-refractivity contribution in [2.24, 2.45) is 0 Å². The summed E-state index contributed by atoms with van der Waals surface area (Å²) < 4.78 is 11.3. The zero-order valence-corrected chi connectivity index (χ0v) is 11.3. The van der Waals surface area contributed by atoms with Gasteiger partial charge in [0.15, 0.2) is 6.29 Å². The van der Waals surface area contributed by atoms with Crippen LogP contribution >= 0.6 is 0 Å². The standard InChI is InChI=1S/C11H20N4O4/c1-7-9(10(12)15(14-7)4-5-16)11(17)13-6-8(18-2)19-3/h8,16H,4-6,12H2,1-3H3,(H,13,17). The number of nitrogens with one attached hydrogen (secondary N) is 1. The largest absolute Gasteiger partial charge is 0.394 e. The molecule has 0 saturated carbocycles. The van der Waals surface area contributed by atoms with Crippen LogP contribution in [0.5, 0.6) is 0 Å². The second kappa shape index (κ2) is 7.07. The number of carbonyl (C=O) groups is 1. The molecule has 0 unspecified atom stereocenters. The number of amides is 1. The van der Waals surface area contributed by atoms with Crippen molar-refractivity contribution in [1.82, 2.24) is 15.1 Å². The van der Waals surface area contributed by atoms with E-state index in [1.165, 1.54) is 18.9 Å². The summed E-state index contributed by atoms with van der Waals surface area (Å²) in [5, 5.41) is 15.6. The summed E-state index contributed by atoms with van der Waals surface area (Å²) in [5.74, 6) is -0.117. The molecule has 108 valence electrons. The lowest BCUT2D eigenvalue weighted by molar-refractivity contribution is -0.0974. The fourth-order valence-electron chi connectivity index (χ4n) is 1.67. The van der Waals surface area contributed by atoms with Crippen LogP contribution in [-0.2, 0) is 16.0 Å². The summed E-state index contributed by atoms with van der Waals surface area (Å²) in [7, 11) is 2.97. The third-order valence-electron chi connectivity index (χ3n) is 2.66. The smallest absolute Gasteiger partial charge is 0.257 e. The molecule has 0 aliphatic heterocycles. The second-order valence-corrected chi connectivity index (χ2v) is 3.90. The Hall–Kier alpha value is -1.64. The molecule has 19 heavy (non-hydrogen) atoms. The minimum absolute atomic E-state index is 0.0954. The van der Waals surface area contributed by atoms with Crippen LogP contribution in [0.25, 0.3) is 0 Å². The van der Waals surface area contributed by atoms with Gasteiger partial charge in [0.2, 0.25) is 0 Å². The zero-order valence-electron chi connectivity index (χ0n) is 11.3. The Balaban J connectivity index is 2.76. The van der Waals surface area contributed by atoms with Crippen molar-refractivity contribution >= 4 is 11.7 Å². The van der Waals surface area contributed by atoms with Gasteiger partial charge in [0.05, 0.1) is 25.4 Å². The Bertz CT molecular complexity index is 429. The van der Waals surface area contributed by atoms with E-state index in [0.717, 1.165) is 0 Å². The number of hydrogen-bond acceptors (Lipinski definition) is 6. The predicted octanol–water partition coefficient (Wildman–Crippen LogP) is -0.885. The van der Waals surface area contributed by atoms with Gasteiger partial charge < -0.3 is 25.6 Å². The number of ether oxygens (including phenoxy) is 2. The van der Waals surface area contributed by atoms with Gasteiger partial charge >= 0.3 is 0 Å². The average Bonchev–Trinajstić information content (AvgIpc) is 2.66. The van der Waals surface area contributed by atoms with Crippen molar-refractivity contribution in [3.05, 3.63) is 11.3 Å². The summed E-state index contributed by atoms with van der Waals surface area (Å²) in [6.45, 7) is 2.04. The van der Waals surface area contributed by atoms with Crippen LogP contribution in [0.4, 0.5) is 5.82 Å². The number of aromatic nitrogens is 2. The highest BCUT2D eigenvalue weighted by molar-refractivity contribution is 5.99. The predicted molar refractivity (Wildman–Crippen MR) is 68.6 cm³/mol. The minimum Gasteiger partial charge on any atom is -0.394 e. The van der Waals surface area contributed by atoms with Gasteiger partial charge in [-0.15, -0.1) is 0 Å². The molecule has 8 nitrogen and oxygen atoms in total. The number of aryl methyl sites for hydroxylation is 1. The highest BCUT2D eigenvalue weighted by Crippen LogP contribution is 2.15. The van der Waals surface area contributed by atoms with E-state index in [4.69, 9.17) is 20.3 Å². The molecule has 0 aromatic carbocycles. The highest BCUT2D eigenvalue weighted by Gasteiger charge is 2.20. The maximum Gasteiger partial charge on any atom is 0.257 e. The monoisotopic (exact) mass is 272 g/mol. The first-order valence-corrected chi connectivity index (χ1v) is 5.82. The van der Waals surface area contributed by atoms with Crippen molar-refractivity contribution in [2.75, 3.05) is 33.1 Å².